The van der Waals surface area contributed by atoms with E-state index in [2.05, 4.69) is 10.6 Å². The standard InChI is InChI=1S/C17H23FN2O2.ClH/c18-14-11-12(20-17(21)15-7-3-4-10-19-15)8-9-16(14)22-13-5-1-2-6-13;/h8-9,11,13,15,19H,1-7,10H2,(H,20,21);1H. The van der Waals surface area contributed by atoms with Crippen molar-refractivity contribution in [1.29, 1.82) is 0 Å². The predicted molar refractivity (Wildman–Crippen MR) is 90.8 cm³/mol. The maximum Gasteiger partial charge on any atom is 0.241 e. The van der Waals surface area contributed by atoms with E-state index in [4.69, 9.17) is 4.74 Å². The zero-order valence-corrected chi connectivity index (χ0v) is 14.0. The van der Waals surface area contributed by atoms with Gasteiger partial charge in [-0.3, -0.25) is 4.79 Å². The molecule has 2 fully saturated rings. The zero-order valence-electron chi connectivity index (χ0n) is 13.1. The Kier molecular flexibility index (Phi) is 6.66. The Morgan fingerprint density at radius 3 is 2.57 bits per heavy atom. The van der Waals surface area contributed by atoms with Gasteiger partial charge in [0, 0.05) is 11.8 Å². The molecule has 128 valence electrons. The molecule has 2 N–H and O–H groups in total. The molecule has 6 heteroatoms. The van der Waals surface area contributed by atoms with E-state index in [1.54, 1.807) is 12.1 Å². The quantitative estimate of drug-likeness (QED) is 0.878. The highest BCUT2D eigenvalue weighted by atomic mass is 35.5. The van der Waals surface area contributed by atoms with Crippen molar-refractivity contribution in [2.45, 2.75) is 57.1 Å². The molecule has 1 unspecified atom stereocenters. The van der Waals surface area contributed by atoms with Crippen molar-refractivity contribution in [3.05, 3.63) is 24.0 Å². The van der Waals surface area contributed by atoms with Crippen molar-refractivity contribution >= 4 is 24.0 Å². The molecule has 2 aliphatic rings. The van der Waals surface area contributed by atoms with Gasteiger partial charge in [-0.2, -0.15) is 0 Å². The lowest BCUT2D eigenvalue weighted by Crippen LogP contribution is -2.43. The van der Waals surface area contributed by atoms with Crippen molar-refractivity contribution in [2.75, 3.05) is 11.9 Å². The van der Waals surface area contributed by atoms with Crippen molar-refractivity contribution in [1.82, 2.24) is 5.32 Å². The molecular weight excluding hydrogens is 319 g/mol. The lowest BCUT2D eigenvalue weighted by atomic mass is 10.0. The van der Waals surface area contributed by atoms with E-state index in [-0.39, 0.29) is 36.2 Å². The fraction of sp³-hybridized carbons (Fsp3) is 0.588. The minimum atomic E-state index is -0.415. The van der Waals surface area contributed by atoms with Gasteiger partial charge in [0.15, 0.2) is 11.6 Å². The van der Waals surface area contributed by atoms with Crippen LogP contribution in [0.25, 0.3) is 0 Å². The molecule has 1 aromatic rings. The summed E-state index contributed by atoms with van der Waals surface area (Å²) in [6.45, 7) is 0.862. The summed E-state index contributed by atoms with van der Waals surface area (Å²) in [5.41, 5.74) is 0.480. The number of benzene rings is 1. The van der Waals surface area contributed by atoms with Gasteiger partial charge in [-0.25, -0.2) is 4.39 Å². The second kappa shape index (κ2) is 8.50. The van der Waals surface area contributed by atoms with E-state index < -0.39 is 5.82 Å². The molecule has 23 heavy (non-hydrogen) atoms. The molecule has 1 aromatic carbocycles. The summed E-state index contributed by atoms with van der Waals surface area (Å²) in [6, 6.07) is 4.47. The van der Waals surface area contributed by atoms with Crippen LogP contribution in [0.15, 0.2) is 18.2 Å². The SMILES string of the molecule is Cl.O=C(Nc1ccc(OC2CCCC2)c(F)c1)C1CCCCN1. The largest absolute Gasteiger partial charge is 0.487 e. The molecule has 4 nitrogen and oxygen atoms in total. The van der Waals surface area contributed by atoms with Gasteiger partial charge >= 0.3 is 0 Å². The Bertz CT molecular complexity index is 529. The van der Waals surface area contributed by atoms with Gasteiger partial charge in [0.1, 0.15) is 0 Å². The van der Waals surface area contributed by atoms with E-state index in [0.29, 0.717) is 5.69 Å². The normalized spacial score (nSPS) is 21.5. The van der Waals surface area contributed by atoms with Gasteiger partial charge in [0.2, 0.25) is 5.91 Å². The van der Waals surface area contributed by atoms with Crippen LogP contribution in [0.4, 0.5) is 10.1 Å². The van der Waals surface area contributed by atoms with Crippen molar-refractivity contribution in [2.24, 2.45) is 0 Å². The number of hydrogen-bond acceptors (Lipinski definition) is 3. The Balaban J connectivity index is 0.00000192. The van der Waals surface area contributed by atoms with E-state index in [1.165, 1.54) is 6.07 Å². The predicted octanol–water partition coefficient (Wildman–Crippen LogP) is 3.65. The van der Waals surface area contributed by atoms with E-state index in [9.17, 15) is 9.18 Å². The number of rotatable bonds is 4. The van der Waals surface area contributed by atoms with Gasteiger partial charge in [-0.05, 0) is 57.2 Å². The number of amides is 1. The van der Waals surface area contributed by atoms with Crippen LogP contribution in [-0.2, 0) is 4.79 Å². The first-order valence-electron chi connectivity index (χ1n) is 8.23. The van der Waals surface area contributed by atoms with Crippen LogP contribution in [0.2, 0.25) is 0 Å². The minimum Gasteiger partial charge on any atom is -0.487 e. The summed E-state index contributed by atoms with van der Waals surface area (Å²) < 4.78 is 19.8. The fourth-order valence-corrected chi connectivity index (χ4v) is 3.16. The summed E-state index contributed by atoms with van der Waals surface area (Å²) in [5.74, 6) is -0.231. The first kappa shape index (κ1) is 18.0. The maximum absolute atomic E-state index is 14.1. The lowest BCUT2D eigenvalue weighted by Gasteiger charge is -2.22. The second-order valence-corrected chi connectivity index (χ2v) is 6.16. The summed E-state index contributed by atoms with van der Waals surface area (Å²) in [5, 5.41) is 5.96. The Morgan fingerprint density at radius 2 is 1.91 bits per heavy atom. The minimum absolute atomic E-state index is 0. The van der Waals surface area contributed by atoms with Crippen LogP contribution in [0, 0.1) is 5.82 Å². The smallest absolute Gasteiger partial charge is 0.241 e. The van der Waals surface area contributed by atoms with Gasteiger partial charge in [-0.1, -0.05) is 6.42 Å². The van der Waals surface area contributed by atoms with Gasteiger partial charge in [-0.15, -0.1) is 12.4 Å². The summed E-state index contributed by atoms with van der Waals surface area (Å²) in [4.78, 5) is 12.1. The molecule has 0 radical (unpaired) electrons. The van der Waals surface area contributed by atoms with Crippen LogP contribution in [0.1, 0.15) is 44.9 Å². The average Bonchev–Trinajstić information content (AvgIpc) is 3.04. The van der Waals surface area contributed by atoms with Gasteiger partial charge < -0.3 is 15.4 Å². The van der Waals surface area contributed by atoms with Gasteiger partial charge in [0.25, 0.3) is 0 Å². The second-order valence-electron chi connectivity index (χ2n) is 6.16. The third-order valence-corrected chi connectivity index (χ3v) is 4.42. The van der Waals surface area contributed by atoms with E-state index in [0.717, 1.165) is 51.5 Å². The summed E-state index contributed by atoms with van der Waals surface area (Å²) in [6.07, 6.45) is 7.39. The monoisotopic (exact) mass is 342 g/mol. The molecule has 1 heterocycles. The number of carbonyl (C=O) groups is 1. The molecule has 0 spiro atoms. The van der Waals surface area contributed by atoms with Crippen molar-refractivity contribution < 1.29 is 13.9 Å². The van der Waals surface area contributed by atoms with E-state index in [1.807, 2.05) is 0 Å². The molecule has 1 aliphatic carbocycles. The third kappa shape index (κ3) is 4.82. The van der Waals surface area contributed by atoms with Crippen molar-refractivity contribution in [3.63, 3.8) is 0 Å². The molecule has 1 amide bonds. The van der Waals surface area contributed by atoms with Gasteiger partial charge in [0.05, 0.1) is 12.1 Å². The van der Waals surface area contributed by atoms with Crippen LogP contribution >= 0.6 is 12.4 Å². The van der Waals surface area contributed by atoms with E-state index >= 15 is 0 Å². The highest BCUT2D eigenvalue weighted by Crippen LogP contribution is 2.27. The molecule has 0 aromatic heterocycles. The third-order valence-electron chi connectivity index (χ3n) is 4.42. The number of piperidine rings is 1. The summed E-state index contributed by atoms with van der Waals surface area (Å²) in [7, 11) is 0. The molecule has 0 bridgehead atoms. The Hall–Kier alpha value is -1.33. The first-order chi connectivity index (χ1) is 10.7. The number of carbonyl (C=O) groups excluding carboxylic acids is 1. The maximum atomic E-state index is 14.1. The van der Waals surface area contributed by atoms with Crippen LogP contribution in [0.5, 0.6) is 5.75 Å². The Labute approximate surface area is 142 Å². The number of halogens is 2. The molecular formula is C17H24ClFN2O2. The highest BCUT2D eigenvalue weighted by molar-refractivity contribution is 5.94. The van der Waals surface area contributed by atoms with Crippen LogP contribution < -0.4 is 15.4 Å². The molecule has 1 atom stereocenters. The molecule has 3 rings (SSSR count). The molecule has 1 saturated carbocycles. The number of ether oxygens (including phenoxy) is 1. The van der Waals surface area contributed by atoms with Crippen LogP contribution in [0.3, 0.4) is 0 Å². The zero-order chi connectivity index (χ0) is 15.4. The topological polar surface area (TPSA) is 50.4 Å². The van der Waals surface area contributed by atoms with Crippen LogP contribution in [-0.4, -0.2) is 24.6 Å². The number of hydrogen-bond donors (Lipinski definition) is 2. The number of nitrogens with one attached hydrogen (secondary N) is 2. The lowest BCUT2D eigenvalue weighted by molar-refractivity contribution is -0.118. The fourth-order valence-electron chi connectivity index (χ4n) is 3.16. The Morgan fingerprint density at radius 1 is 1.17 bits per heavy atom. The average molecular weight is 343 g/mol. The number of anilines is 1. The first-order valence-corrected chi connectivity index (χ1v) is 8.23. The summed E-state index contributed by atoms with van der Waals surface area (Å²) >= 11 is 0. The molecule has 1 aliphatic heterocycles. The molecule has 1 saturated heterocycles. The van der Waals surface area contributed by atoms with Crippen molar-refractivity contribution in [3.8, 4) is 5.75 Å². The highest BCUT2D eigenvalue weighted by Gasteiger charge is 2.21.